The number of hydrogen-bond donors (Lipinski definition) is 3. The molecule has 9 aliphatic carbocycles. The minimum absolute atomic E-state index is 0.127. The summed E-state index contributed by atoms with van der Waals surface area (Å²) >= 11 is 2.21. The first-order chi connectivity index (χ1) is 33.7. The summed E-state index contributed by atoms with van der Waals surface area (Å²) in [5.74, 6) is 3.16. The van der Waals surface area contributed by atoms with Crippen LogP contribution in [0, 0.1) is 29.6 Å². The lowest BCUT2D eigenvalue weighted by Crippen LogP contribution is -2.60. The summed E-state index contributed by atoms with van der Waals surface area (Å²) in [6, 6.07) is 0.495. The SMILES string of the molecule is C1=CCCC(C2=CC(C3=CCCC=C3)=CC(C3C=CC(C4=CC5C(C=C4)SC4c6c(c7c(n6C6C=CC=CC6)=CCCC=7)C=CC45)=C(C4N=C(C5CC=CCC5)NC(C5C=CCCC5)N4)N3)C2)=C1. The number of amidine groups is 1. The summed E-state index contributed by atoms with van der Waals surface area (Å²) in [6.07, 6.45) is 76.7. The number of fused-ring (bicyclic) bond motifs is 7. The van der Waals surface area contributed by atoms with E-state index in [1.807, 2.05) is 0 Å². The predicted molar refractivity (Wildman–Crippen MR) is 286 cm³/mol. The largest absolute Gasteiger partial charge is 0.378 e. The van der Waals surface area contributed by atoms with Crippen LogP contribution in [0.1, 0.15) is 112 Å². The first kappa shape index (κ1) is 42.8. The highest BCUT2D eigenvalue weighted by Crippen LogP contribution is 2.58. The fourth-order valence-electron chi connectivity index (χ4n) is 13.4. The van der Waals surface area contributed by atoms with Crippen molar-refractivity contribution in [3.05, 3.63) is 195 Å². The zero-order valence-electron chi connectivity index (χ0n) is 39.5. The van der Waals surface area contributed by atoms with E-state index in [0.29, 0.717) is 46.1 Å². The Labute approximate surface area is 408 Å². The lowest BCUT2D eigenvalue weighted by Gasteiger charge is -2.41. The molecule has 11 atom stereocenters. The molecule has 0 aromatic carbocycles. The molecule has 0 saturated carbocycles. The number of rotatable bonds is 8. The van der Waals surface area contributed by atoms with Crippen LogP contribution >= 0.6 is 11.8 Å². The van der Waals surface area contributed by atoms with E-state index in [4.69, 9.17) is 4.99 Å². The normalized spacial score (nSPS) is 35.3. The Morgan fingerprint density at radius 1 is 0.662 bits per heavy atom. The highest BCUT2D eigenvalue weighted by molar-refractivity contribution is 8.00. The van der Waals surface area contributed by atoms with Crippen molar-refractivity contribution in [1.82, 2.24) is 20.5 Å². The van der Waals surface area contributed by atoms with E-state index in [2.05, 4.69) is 184 Å². The van der Waals surface area contributed by atoms with Crippen LogP contribution in [0.4, 0.5) is 0 Å². The number of allylic oxidation sites excluding steroid dienone is 24. The van der Waals surface area contributed by atoms with E-state index in [1.165, 1.54) is 80.4 Å². The van der Waals surface area contributed by atoms with Gasteiger partial charge in [-0.15, -0.1) is 11.8 Å². The van der Waals surface area contributed by atoms with Gasteiger partial charge in [-0.2, -0.15) is 0 Å². The number of aromatic nitrogens is 1. The van der Waals surface area contributed by atoms with Crippen LogP contribution in [0.3, 0.4) is 0 Å². The monoisotopic (exact) mass is 914 g/mol. The third-order valence-electron chi connectivity index (χ3n) is 16.9. The van der Waals surface area contributed by atoms with Crippen molar-refractivity contribution < 1.29 is 0 Å². The molecule has 0 bridgehead atoms. The summed E-state index contributed by atoms with van der Waals surface area (Å²) in [7, 11) is 0. The van der Waals surface area contributed by atoms with Crippen LogP contribution in [-0.2, 0) is 0 Å². The summed E-state index contributed by atoms with van der Waals surface area (Å²) in [5, 5.41) is 16.3. The minimum Gasteiger partial charge on any atom is -0.378 e. The molecule has 11 unspecified atom stereocenters. The first-order valence-electron chi connectivity index (χ1n) is 26.5. The third kappa shape index (κ3) is 7.98. The smallest absolute Gasteiger partial charge is 0.144 e. The molecule has 12 aliphatic rings. The Hall–Kier alpha value is -5.30. The van der Waals surface area contributed by atoms with Gasteiger partial charge in [-0.05, 0) is 118 Å². The van der Waals surface area contributed by atoms with Gasteiger partial charge in [-0.3, -0.25) is 5.32 Å². The standard InChI is InChI=1S/C62H67N5S/c1-6-18-40(19-7-1)45-36-46(41-20-8-2-9-21-41)38-47(37-45)54-34-33-49(57(63-54)62-65-60(42-22-10-3-11-23-42)64-61(66-62)43-24-12-4-13-25-43)44-30-35-56-53(39-44)52-32-31-51-50-28-16-17-29-55(50)67(58(51)59(52)68-56)48-26-14-5-15-27-48/h1,3,5-6,8,10,12,14-15,18,20-21,24,26,28-36,38-39,42-43,47-48,52-54,56,59,61-63,66H,2,4,7,9,11,13,16-17,19,22-23,25,27,37H2,(H,64,65). The van der Waals surface area contributed by atoms with Gasteiger partial charge in [-0.25, -0.2) is 4.99 Å². The topological polar surface area (TPSA) is 53.4 Å². The van der Waals surface area contributed by atoms with Crippen LogP contribution in [0.25, 0.3) is 18.2 Å². The van der Waals surface area contributed by atoms with Crippen molar-refractivity contribution in [3.8, 4) is 0 Å². The number of thioether (sulfide) groups is 1. The number of aliphatic imine (C=N–C) groups is 1. The van der Waals surface area contributed by atoms with Crippen molar-refractivity contribution in [2.75, 3.05) is 0 Å². The predicted octanol–water partition coefficient (Wildman–Crippen LogP) is 12.0. The van der Waals surface area contributed by atoms with E-state index in [9.17, 15) is 0 Å². The molecule has 0 amide bonds. The fourth-order valence-corrected chi connectivity index (χ4v) is 15.2. The van der Waals surface area contributed by atoms with Crippen LogP contribution in [0.2, 0.25) is 0 Å². The zero-order valence-corrected chi connectivity index (χ0v) is 40.3. The van der Waals surface area contributed by atoms with Gasteiger partial charge in [0.25, 0.3) is 0 Å². The maximum atomic E-state index is 5.75. The van der Waals surface area contributed by atoms with Gasteiger partial charge in [0, 0.05) is 62.2 Å². The molecular weight excluding hydrogens is 847 g/mol. The molecule has 3 N–H and O–H groups in total. The molecule has 5 nitrogen and oxygen atoms in total. The third-order valence-corrected chi connectivity index (χ3v) is 18.5. The van der Waals surface area contributed by atoms with Gasteiger partial charge in [0.15, 0.2) is 0 Å². The molecule has 4 heterocycles. The van der Waals surface area contributed by atoms with E-state index in [-0.39, 0.29) is 18.4 Å². The van der Waals surface area contributed by atoms with E-state index in [0.717, 1.165) is 70.6 Å². The van der Waals surface area contributed by atoms with Crippen LogP contribution < -0.4 is 26.5 Å². The molecule has 1 aromatic rings. The van der Waals surface area contributed by atoms with Crippen LogP contribution in [0.15, 0.2) is 178 Å². The van der Waals surface area contributed by atoms with Gasteiger partial charge in [-0.1, -0.05) is 152 Å². The molecule has 0 radical (unpaired) electrons. The average Bonchev–Trinajstić information content (AvgIpc) is 3.97. The quantitative estimate of drug-likeness (QED) is 0.228. The van der Waals surface area contributed by atoms with Crippen molar-refractivity contribution in [2.45, 2.75) is 125 Å². The zero-order chi connectivity index (χ0) is 45.0. The maximum Gasteiger partial charge on any atom is 0.144 e. The van der Waals surface area contributed by atoms with Crippen LogP contribution in [0.5, 0.6) is 0 Å². The molecule has 1 fully saturated rings. The van der Waals surface area contributed by atoms with Gasteiger partial charge in [0.2, 0.25) is 0 Å². The minimum atomic E-state index is -0.188. The number of hydrogen-bond acceptors (Lipinski definition) is 5. The summed E-state index contributed by atoms with van der Waals surface area (Å²) in [5.41, 5.74) is 12.6. The van der Waals surface area contributed by atoms with Gasteiger partial charge < -0.3 is 15.2 Å². The Morgan fingerprint density at radius 2 is 1.63 bits per heavy atom. The van der Waals surface area contributed by atoms with Crippen molar-refractivity contribution in [3.63, 3.8) is 0 Å². The summed E-state index contributed by atoms with van der Waals surface area (Å²) in [4.78, 5) is 5.75. The second kappa shape index (κ2) is 18.6. The maximum absolute atomic E-state index is 5.75. The molecule has 13 rings (SSSR count). The Morgan fingerprint density at radius 3 is 2.49 bits per heavy atom. The lowest BCUT2D eigenvalue weighted by atomic mass is 9.76. The molecule has 1 saturated heterocycles. The number of dihydropyridines is 1. The first-order valence-corrected chi connectivity index (χ1v) is 27.4. The molecule has 6 heteroatoms. The van der Waals surface area contributed by atoms with Gasteiger partial charge >= 0.3 is 0 Å². The van der Waals surface area contributed by atoms with Crippen molar-refractivity contribution in [1.29, 1.82) is 0 Å². The van der Waals surface area contributed by atoms with E-state index in [1.54, 1.807) is 5.69 Å². The van der Waals surface area contributed by atoms with Gasteiger partial charge in [0.1, 0.15) is 12.0 Å². The second-order valence-corrected chi connectivity index (χ2v) is 22.4. The molecule has 3 aliphatic heterocycles. The fraction of sp³-hybridized carbons (Fsp3) is 0.403. The van der Waals surface area contributed by atoms with Crippen LogP contribution in [-0.4, -0.2) is 34.0 Å². The molecule has 68 heavy (non-hydrogen) atoms. The Bertz CT molecular complexity index is 2880. The number of nitrogens with zero attached hydrogens (tertiary/aromatic N) is 2. The number of nitrogens with one attached hydrogen (secondary N) is 3. The van der Waals surface area contributed by atoms with E-state index >= 15 is 0 Å². The molecule has 346 valence electrons. The highest BCUT2D eigenvalue weighted by Gasteiger charge is 2.47. The van der Waals surface area contributed by atoms with Gasteiger partial charge in [0.05, 0.1) is 29.2 Å². The van der Waals surface area contributed by atoms with Crippen molar-refractivity contribution in [2.24, 2.45) is 34.6 Å². The molecule has 0 spiro atoms. The molecule has 1 aromatic heterocycles. The molecular formula is C62H67N5S. The Balaban J connectivity index is 0.890. The van der Waals surface area contributed by atoms with Crippen molar-refractivity contribution >= 4 is 35.8 Å². The second-order valence-electron chi connectivity index (χ2n) is 21.1. The summed E-state index contributed by atoms with van der Waals surface area (Å²) in [6.45, 7) is 0. The van der Waals surface area contributed by atoms with E-state index < -0.39 is 0 Å². The summed E-state index contributed by atoms with van der Waals surface area (Å²) < 4.78 is 2.75. The Kier molecular flexibility index (Phi) is 11.7. The average molecular weight is 914 g/mol. The highest BCUT2D eigenvalue weighted by atomic mass is 32.2. The lowest BCUT2D eigenvalue weighted by molar-refractivity contribution is 0.303.